The van der Waals surface area contributed by atoms with Gasteiger partial charge in [-0.2, -0.15) is 0 Å². The molecule has 1 fully saturated rings. The van der Waals surface area contributed by atoms with Gasteiger partial charge in [-0.25, -0.2) is 0 Å². The highest BCUT2D eigenvalue weighted by Gasteiger charge is 2.19. The first-order chi connectivity index (χ1) is 12.6. The molecule has 0 bridgehead atoms. The molecule has 7 nitrogen and oxygen atoms in total. The van der Waals surface area contributed by atoms with E-state index >= 15 is 0 Å². The minimum absolute atomic E-state index is 0.475. The van der Waals surface area contributed by atoms with E-state index in [1.807, 2.05) is 18.2 Å². The molecule has 0 spiro atoms. The monoisotopic (exact) mass is 363 g/mol. The maximum absolute atomic E-state index is 5.36. The first kappa shape index (κ1) is 20.3. The van der Waals surface area contributed by atoms with Gasteiger partial charge in [0.2, 0.25) is 0 Å². The number of guanidine groups is 1. The summed E-state index contributed by atoms with van der Waals surface area (Å²) in [5, 5.41) is 6.78. The van der Waals surface area contributed by atoms with Gasteiger partial charge in [0.1, 0.15) is 0 Å². The second kappa shape index (κ2) is 10.2. The van der Waals surface area contributed by atoms with E-state index in [4.69, 9.17) is 9.47 Å². The summed E-state index contributed by atoms with van der Waals surface area (Å²) in [6.07, 6.45) is 0. The van der Waals surface area contributed by atoms with Crippen LogP contribution in [0.25, 0.3) is 0 Å². The van der Waals surface area contributed by atoms with E-state index in [1.54, 1.807) is 21.3 Å². The van der Waals surface area contributed by atoms with Crippen molar-refractivity contribution in [1.82, 2.24) is 20.4 Å². The zero-order valence-corrected chi connectivity index (χ0v) is 16.7. The Labute approximate surface area is 157 Å². The van der Waals surface area contributed by atoms with Crippen LogP contribution in [0.15, 0.2) is 23.2 Å². The molecule has 1 unspecified atom stereocenters. The number of nitrogens with one attached hydrogen (secondary N) is 2. The number of rotatable bonds is 7. The SMILES string of the molecule is CN=C(NCc1ccc(OC)c(OC)c1)NCC(C)N1CCN(C)CC1. The highest BCUT2D eigenvalue weighted by Crippen LogP contribution is 2.27. The average molecular weight is 364 g/mol. The van der Waals surface area contributed by atoms with Gasteiger partial charge in [0.15, 0.2) is 17.5 Å². The number of ether oxygens (including phenoxy) is 2. The summed E-state index contributed by atoms with van der Waals surface area (Å²) in [5.74, 6) is 2.28. The Morgan fingerprint density at radius 3 is 2.42 bits per heavy atom. The molecule has 1 aliphatic rings. The molecule has 0 saturated carbocycles. The average Bonchev–Trinajstić information content (AvgIpc) is 2.68. The molecule has 2 N–H and O–H groups in total. The second-order valence-corrected chi connectivity index (χ2v) is 6.68. The predicted molar refractivity (Wildman–Crippen MR) is 106 cm³/mol. The summed E-state index contributed by atoms with van der Waals surface area (Å²) in [6.45, 7) is 8.32. The van der Waals surface area contributed by atoms with Crippen LogP contribution in [0, 0.1) is 0 Å². The third-order valence-corrected chi connectivity index (χ3v) is 4.86. The van der Waals surface area contributed by atoms with Crippen molar-refractivity contribution in [2.75, 3.05) is 61.0 Å². The highest BCUT2D eigenvalue weighted by atomic mass is 16.5. The van der Waals surface area contributed by atoms with Crippen molar-refractivity contribution >= 4 is 5.96 Å². The van der Waals surface area contributed by atoms with Crippen molar-refractivity contribution in [3.8, 4) is 11.5 Å². The number of aliphatic imine (C=N–C) groups is 1. The minimum atomic E-state index is 0.475. The normalized spacial score (nSPS) is 17.7. The van der Waals surface area contributed by atoms with E-state index in [-0.39, 0.29) is 0 Å². The summed E-state index contributed by atoms with van der Waals surface area (Å²) in [4.78, 5) is 9.22. The Morgan fingerprint density at radius 2 is 1.81 bits per heavy atom. The van der Waals surface area contributed by atoms with Gasteiger partial charge in [0.05, 0.1) is 14.2 Å². The minimum Gasteiger partial charge on any atom is -0.493 e. The van der Waals surface area contributed by atoms with Crippen LogP contribution in [0.1, 0.15) is 12.5 Å². The number of nitrogens with zero attached hydrogens (tertiary/aromatic N) is 3. The van der Waals surface area contributed by atoms with Crippen molar-refractivity contribution in [1.29, 1.82) is 0 Å². The Balaban J connectivity index is 1.80. The van der Waals surface area contributed by atoms with Crippen LogP contribution >= 0.6 is 0 Å². The van der Waals surface area contributed by atoms with Gasteiger partial charge in [-0.15, -0.1) is 0 Å². The highest BCUT2D eigenvalue weighted by molar-refractivity contribution is 5.79. The van der Waals surface area contributed by atoms with Crippen molar-refractivity contribution in [3.63, 3.8) is 0 Å². The van der Waals surface area contributed by atoms with Crippen LogP contribution in [-0.2, 0) is 6.54 Å². The Morgan fingerprint density at radius 1 is 1.12 bits per heavy atom. The number of hydrogen-bond donors (Lipinski definition) is 2. The smallest absolute Gasteiger partial charge is 0.191 e. The summed E-state index contributed by atoms with van der Waals surface area (Å²) >= 11 is 0. The fourth-order valence-corrected chi connectivity index (χ4v) is 3.03. The van der Waals surface area contributed by atoms with E-state index in [0.29, 0.717) is 12.6 Å². The first-order valence-corrected chi connectivity index (χ1v) is 9.15. The predicted octanol–water partition coefficient (Wildman–Crippen LogP) is 1.00. The lowest BCUT2D eigenvalue weighted by Gasteiger charge is -2.36. The van der Waals surface area contributed by atoms with Crippen molar-refractivity contribution in [2.45, 2.75) is 19.5 Å². The summed E-state index contributed by atoms with van der Waals surface area (Å²) < 4.78 is 10.6. The second-order valence-electron chi connectivity index (χ2n) is 6.68. The molecule has 0 radical (unpaired) electrons. The molecular formula is C19H33N5O2. The van der Waals surface area contributed by atoms with Crippen LogP contribution in [0.3, 0.4) is 0 Å². The lowest BCUT2D eigenvalue weighted by molar-refractivity contribution is 0.120. The third-order valence-electron chi connectivity index (χ3n) is 4.86. The van der Waals surface area contributed by atoms with Gasteiger partial charge >= 0.3 is 0 Å². The van der Waals surface area contributed by atoms with Crippen LogP contribution in [-0.4, -0.2) is 82.8 Å². The van der Waals surface area contributed by atoms with Gasteiger partial charge in [0.25, 0.3) is 0 Å². The largest absolute Gasteiger partial charge is 0.493 e. The molecular weight excluding hydrogens is 330 g/mol. The zero-order valence-electron chi connectivity index (χ0n) is 16.7. The molecule has 7 heteroatoms. The maximum Gasteiger partial charge on any atom is 0.191 e. The van der Waals surface area contributed by atoms with Crippen molar-refractivity contribution in [3.05, 3.63) is 23.8 Å². The lowest BCUT2D eigenvalue weighted by atomic mass is 10.2. The van der Waals surface area contributed by atoms with Crippen molar-refractivity contribution in [2.24, 2.45) is 4.99 Å². The van der Waals surface area contributed by atoms with E-state index in [1.165, 1.54) is 0 Å². The van der Waals surface area contributed by atoms with E-state index in [0.717, 1.165) is 55.7 Å². The van der Waals surface area contributed by atoms with E-state index in [9.17, 15) is 0 Å². The number of hydrogen-bond acceptors (Lipinski definition) is 5. The molecule has 0 aliphatic carbocycles. The molecule has 1 atom stereocenters. The topological polar surface area (TPSA) is 61.4 Å². The summed E-state index contributed by atoms with van der Waals surface area (Å²) in [6, 6.07) is 6.39. The number of benzene rings is 1. The van der Waals surface area contributed by atoms with E-state index in [2.05, 4.69) is 39.4 Å². The fourth-order valence-electron chi connectivity index (χ4n) is 3.03. The third kappa shape index (κ3) is 5.78. The number of methoxy groups -OCH3 is 2. The van der Waals surface area contributed by atoms with E-state index < -0.39 is 0 Å². The molecule has 146 valence electrons. The zero-order chi connectivity index (χ0) is 18.9. The van der Waals surface area contributed by atoms with Crippen LogP contribution in [0.4, 0.5) is 0 Å². The standard InChI is InChI=1S/C19H33N5O2/c1-15(24-10-8-23(3)9-11-24)13-21-19(20-2)22-14-16-6-7-17(25-4)18(12-16)26-5/h6-7,12,15H,8-11,13-14H2,1-5H3,(H2,20,21,22). The molecule has 1 heterocycles. The Bertz CT molecular complexity index is 585. The molecule has 1 aromatic rings. The Kier molecular flexibility index (Phi) is 8.00. The first-order valence-electron chi connectivity index (χ1n) is 9.15. The molecule has 1 saturated heterocycles. The van der Waals surface area contributed by atoms with Gasteiger partial charge < -0.3 is 25.0 Å². The molecule has 26 heavy (non-hydrogen) atoms. The van der Waals surface area contributed by atoms with Gasteiger partial charge in [-0.05, 0) is 31.7 Å². The molecule has 0 aromatic heterocycles. The van der Waals surface area contributed by atoms with Crippen LogP contribution in [0.2, 0.25) is 0 Å². The number of likely N-dealkylation sites (N-methyl/N-ethyl adjacent to an activating group) is 1. The van der Waals surface area contributed by atoms with Gasteiger partial charge in [0, 0.05) is 52.4 Å². The number of piperazine rings is 1. The summed E-state index contributed by atoms with van der Waals surface area (Å²) in [7, 11) is 7.27. The Hall–Kier alpha value is -1.99. The van der Waals surface area contributed by atoms with Crippen LogP contribution in [0.5, 0.6) is 11.5 Å². The van der Waals surface area contributed by atoms with Crippen molar-refractivity contribution < 1.29 is 9.47 Å². The van der Waals surface area contributed by atoms with Crippen LogP contribution < -0.4 is 20.1 Å². The molecule has 2 rings (SSSR count). The lowest BCUT2D eigenvalue weighted by Crippen LogP contribution is -2.52. The molecule has 1 aliphatic heterocycles. The molecule has 1 aromatic carbocycles. The van der Waals surface area contributed by atoms with Gasteiger partial charge in [-0.1, -0.05) is 6.07 Å². The summed E-state index contributed by atoms with van der Waals surface area (Å²) in [5.41, 5.74) is 1.11. The quantitative estimate of drug-likeness (QED) is 0.557. The fraction of sp³-hybridized carbons (Fsp3) is 0.632. The van der Waals surface area contributed by atoms with Gasteiger partial charge in [-0.3, -0.25) is 9.89 Å². The maximum atomic E-state index is 5.36. The molecule has 0 amide bonds.